The Morgan fingerprint density at radius 1 is 0.921 bits per heavy atom. The fraction of sp³-hybridized carbons (Fsp3) is 0.577. The van der Waals surface area contributed by atoms with Crippen molar-refractivity contribution in [1.29, 1.82) is 0 Å². The number of carboxylic acid groups (broad SMARTS) is 1. The Kier molecular flexibility index (Phi) is 11.2. The lowest BCUT2D eigenvalue weighted by molar-refractivity contribution is -0.280. The summed E-state index contributed by atoms with van der Waals surface area (Å²) in [6, 6.07) is 7.92. The van der Waals surface area contributed by atoms with E-state index in [-0.39, 0.29) is 26.1 Å². The van der Waals surface area contributed by atoms with Crippen molar-refractivity contribution in [3.05, 3.63) is 35.9 Å². The van der Waals surface area contributed by atoms with E-state index in [0.717, 1.165) is 19.4 Å². The van der Waals surface area contributed by atoms with E-state index in [0.29, 0.717) is 0 Å². The van der Waals surface area contributed by atoms with Crippen LogP contribution in [0.1, 0.15) is 53.0 Å². The maximum atomic E-state index is 13.1. The molecule has 38 heavy (non-hydrogen) atoms. The molecule has 0 unspecified atom stereocenters. The Hall–Kier alpha value is -3.51. The lowest BCUT2D eigenvalue weighted by atomic mass is 9.85. The molecule has 5 atom stereocenters. The molecule has 2 rings (SSSR count). The van der Waals surface area contributed by atoms with Gasteiger partial charge in [-0.15, -0.1) is 0 Å². The SMILES string of the molecule is CC(=O)OC[C@H]1O[C@@H](OCc2ccccc2)[C@H](NC(=O)CC(C)(C)CC(=O)O)[C@@H](OC(C)=O)[C@@H]1OC(C)=O. The molecule has 0 aliphatic carbocycles. The molecule has 0 aromatic heterocycles. The molecular weight excluding hydrogens is 502 g/mol. The van der Waals surface area contributed by atoms with E-state index in [1.165, 1.54) is 6.92 Å². The van der Waals surface area contributed by atoms with Gasteiger partial charge in [0, 0.05) is 27.2 Å². The Balaban J connectivity index is 2.41. The van der Waals surface area contributed by atoms with Crippen LogP contribution in [0, 0.1) is 5.41 Å². The fourth-order valence-corrected chi connectivity index (χ4v) is 4.09. The monoisotopic (exact) mass is 537 g/mol. The van der Waals surface area contributed by atoms with Gasteiger partial charge >= 0.3 is 23.9 Å². The average molecular weight is 538 g/mol. The smallest absolute Gasteiger partial charge is 0.303 e. The van der Waals surface area contributed by atoms with E-state index in [1.807, 2.05) is 30.3 Å². The Morgan fingerprint density at radius 3 is 2.08 bits per heavy atom. The van der Waals surface area contributed by atoms with Crippen LogP contribution in [0.5, 0.6) is 0 Å². The summed E-state index contributed by atoms with van der Waals surface area (Å²) in [5.41, 5.74) is -0.109. The van der Waals surface area contributed by atoms with Crippen LogP contribution >= 0.6 is 0 Å². The van der Waals surface area contributed by atoms with Crippen LogP contribution in [-0.2, 0) is 54.3 Å². The third kappa shape index (κ3) is 10.1. The zero-order valence-corrected chi connectivity index (χ0v) is 22.1. The van der Waals surface area contributed by atoms with Gasteiger partial charge in [0.05, 0.1) is 13.0 Å². The van der Waals surface area contributed by atoms with Crippen molar-refractivity contribution in [2.45, 2.75) is 84.7 Å². The molecule has 1 aliphatic rings. The first-order valence-electron chi connectivity index (χ1n) is 12.1. The molecule has 1 aromatic rings. The number of rotatable bonds is 12. The molecule has 0 bridgehead atoms. The first-order valence-corrected chi connectivity index (χ1v) is 12.1. The van der Waals surface area contributed by atoms with E-state index in [2.05, 4.69) is 5.32 Å². The van der Waals surface area contributed by atoms with Gasteiger partial charge in [-0.05, 0) is 11.0 Å². The van der Waals surface area contributed by atoms with Gasteiger partial charge in [0.2, 0.25) is 5.91 Å². The van der Waals surface area contributed by atoms with Gasteiger partial charge in [-0.3, -0.25) is 24.0 Å². The van der Waals surface area contributed by atoms with E-state index >= 15 is 0 Å². The van der Waals surface area contributed by atoms with Crippen LogP contribution in [-0.4, -0.2) is 72.1 Å². The van der Waals surface area contributed by atoms with Crippen LogP contribution in [0.4, 0.5) is 0 Å². The van der Waals surface area contributed by atoms with Crippen LogP contribution in [0.2, 0.25) is 0 Å². The highest BCUT2D eigenvalue weighted by molar-refractivity contribution is 5.78. The van der Waals surface area contributed by atoms with Crippen LogP contribution in [0.25, 0.3) is 0 Å². The standard InChI is InChI=1S/C26H35NO11/c1-15(28)34-14-19-23(36-16(2)29)24(37-17(3)30)22(27-20(31)11-26(4,5)12-21(32)33)25(38-19)35-13-18-9-7-6-8-10-18/h6-10,19,22-25H,11-14H2,1-5H3,(H,27,31)(H,32,33)/t19-,22-,23-,24-,25-/m1/s1. The normalized spacial score (nSPS) is 23.1. The average Bonchev–Trinajstić information content (AvgIpc) is 2.78. The van der Waals surface area contributed by atoms with Gasteiger partial charge < -0.3 is 34.1 Å². The lowest BCUT2D eigenvalue weighted by Gasteiger charge is -2.45. The first-order chi connectivity index (χ1) is 17.8. The number of carbonyl (C=O) groups is 5. The van der Waals surface area contributed by atoms with Crippen molar-refractivity contribution in [3.63, 3.8) is 0 Å². The number of carbonyl (C=O) groups excluding carboxylic acids is 4. The molecule has 0 saturated carbocycles. The Bertz CT molecular complexity index is 994. The number of amides is 1. The van der Waals surface area contributed by atoms with E-state index in [9.17, 15) is 24.0 Å². The molecule has 2 N–H and O–H groups in total. The number of benzene rings is 1. The minimum Gasteiger partial charge on any atom is -0.481 e. The van der Waals surface area contributed by atoms with Gasteiger partial charge in [-0.1, -0.05) is 44.2 Å². The topological polar surface area (TPSA) is 164 Å². The minimum atomic E-state index is -1.28. The van der Waals surface area contributed by atoms with Gasteiger partial charge in [0.1, 0.15) is 18.8 Å². The van der Waals surface area contributed by atoms with E-state index in [1.54, 1.807) is 13.8 Å². The lowest BCUT2D eigenvalue weighted by Crippen LogP contribution is -2.66. The van der Waals surface area contributed by atoms with Crippen molar-refractivity contribution in [2.75, 3.05) is 6.61 Å². The molecule has 0 spiro atoms. The third-order valence-electron chi connectivity index (χ3n) is 5.55. The van der Waals surface area contributed by atoms with Crippen molar-refractivity contribution in [3.8, 4) is 0 Å². The summed E-state index contributed by atoms with van der Waals surface area (Å²) in [4.78, 5) is 59.8. The first kappa shape index (κ1) is 30.7. The number of hydrogen-bond acceptors (Lipinski definition) is 10. The summed E-state index contributed by atoms with van der Waals surface area (Å²) in [5.74, 6) is -3.69. The molecule has 210 valence electrons. The predicted octanol–water partition coefficient (Wildman–Crippen LogP) is 1.73. The van der Waals surface area contributed by atoms with E-state index in [4.69, 9.17) is 28.8 Å². The molecular formula is C26H35NO11. The number of carboxylic acids is 1. The summed E-state index contributed by atoms with van der Waals surface area (Å²) in [5, 5.41) is 11.9. The fourth-order valence-electron chi connectivity index (χ4n) is 4.09. The quantitative estimate of drug-likeness (QED) is 0.295. The summed E-state index contributed by atoms with van der Waals surface area (Å²) in [6.07, 6.45) is -5.29. The number of hydrogen-bond donors (Lipinski definition) is 2. The molecule has 1 heterocycles. The maximum absolute atomic E-state index is 13.1. The van der Waals surface area contributed by atoms with Gasteiger partial charge in [-0.25, -0.2) is 0 Å². The second-order valence-electron chi connectivity index (χ2n) is 9.80. The summed E-state index contributed by atoms with van der Waals surface area (Å²) in [6.45, 7) is 6.45. The second-order valence-corrected chi connectivity index (χ2v) is 9.80. The number of ether oxygens (including phenoxy) is 5. The molecule has 12 heteroatoms. The molecule has 12 nitrogen and oxygen atoms in total. The molecule has 1 aromatic carbocycles. The summed E-state index contributed by atoms with van der Waals surface area (Å²) in [7, 11) is 0. The van der Waals surface area contributed by atoms with Gasteiger partial charge in [0.25, 0.3) is 0 Å². The Morgan fingerprint density at radius 2 is 1.53 bits per heavy atom. The van der Waals surface area contributed by atoms with Crippen LogP contribution in [0.15, 0.2) is 30.3 Å². The van der Waals surface area contributed by atoms with Crippen molar-refractivity contribution in [1.82, 2.24) is 5.32 Å². The summed E-state index contributed by atoms with van der Waals surface area (Å²) >= 11 is 0. The molecule has 1 amide bonds. The maximum Gasteiger partial charge on any atom is 0.303 e. The summed E-state index contributed by atoms with van der Waals surface area (Å²) < 4.78 is 28.0. The van der Waals surface area contributed by atoms with Gasteiger partial charge in [0.15, 0.2) is 18.5 Å². The van der Waals surface area contributed by atoms with Gasteiger partial charge in [-0.2, -0.15) is 0 Å². The number of aliphatic carboxylic acids is 1. The predicted molar refractivity (Wildman–Crippen MR) is 130 cm³/mol. The van der Waals surface area contributed by atoms with Crippen molar-refractivity contribution < 1.29 is 52.8 Å². The van der Waals surface area contributed by atoms with Crippen molar-refractivity contribution in [2.24, 2.45) is 5.41 Å². The van der Waals surface area contributed by atoms with Crippen molar-refractivity contribution >= 4 is 29.8 Å². The highest BCUT2D eigenvalue weighted by Gasteiger charge is 2.51. The zero-order chi connectivity index (χ0) is 28.5. The number of esters is 3. The second kappa shape index (κ2) is 13.9. The molecule has 1 aliphatic heterocycles. The minimum absolute atomic E-state index is 0.0493. The molecule has 0 radical (unpaired) electrons. The number of nitrogens with one attached hydrogen (secondary N) is 1. The zero-order valence-electron chi connectivity index (χ0n) is 22.1. The molecule has 1 fully saturated rings. The largest absolute Gasteiger partial charge is 0.481 e. The molecule has 1 saturated heterocycles. The third-order valence-corrected chi connectivity index (χ3v) is 5.55. The highest BCUT2D eigenvalue weighted by atomic mass is 16.7. The van der Waals surface area contributed by atoms with Crippen LogP contribution in [0.3, 0.4) is 0 Å². The van der Waals surface area contributed by atoms with E-state index < -0.39 is 65.8 Å². The highest BCUT2D eigenvalue weighted by Crippen LogP contribution is 2.30. The van der Waals surface area contributed by atoms with Crippen LogP contribution < -0.4 is 5.32 Å². The Labute approximate surface area is 220 Å².